The fraction of sp³-hybridized carbons (Fsp3) is 0.458. The van der Waals surface area contributed by atoms with Crippen LogP contribution in [0.1, 0.15) is 165 Å². The molecule has 4 atom stereocenters. The fourth-order valence-corrected chi connectivity index (χ4v) is 11.6. The van der Waals surface area contributed by atoms with E-state index < -0.39 is 80.7 Å². The monoisotopic (exact) mass is 1410 g/mol. The summed E-state index contributed by atoms with van der Waals surface area (Å²) in [6.07, 6.45) is 0.327. The zero-order chi connectivity index (χ0) is 74.0. The molecule has 2 aliphatic heterocycles. The molecule has 3 amide bonds. The van der Waals surface area contributed by atoms with Crippen molar-refractivity contribution in [2.24, 2.45) is 11.5 Å². The van der Waals surface area contributed by atoms with Crippen molar-refractivity contribution in [3.63, 3.8) is 0 Å². The average Bonchev–Trinajstić information content (AvgIpc) is 0.853. The summed E-state index contributed by atoms with van der Waals surface area (Å²) in [4.78, 5) is 97.4. The third-order valence-corrected chi connectivity index (χ3v) is 17.4. The Balaban J connectivity index is 0.000000264. The lowest BCUT2D eigenvalue weighted by Gasteiger charge is -2.44. The van der Waals surface area contributed by atoms with E-state index in [1.54, 1.807) is 30.3 Å². The van der Waals surface area contributed by atoms with Crippen molar-refractivity contribution < 1.29 is 68.9 Å². The van der Waals surface area contributed by atoms with Crippen molar-refractivity contribution in [1.82, 2.24) is 25.1 Å². The number of carbonyl (C=O) groups is 5. The molecule has 20 nitrogen and oxygen atoms in total. The molecule has 8 rings (SSSR count). The van der Waals surface area contributed by atoms with Crippen LogP contribution in [0.2, 0.25) is 0 Å². The number of likely N-dealkylation sites (N-methyl/N-ethyl adjacent to an activating group) is 2. The second-order valence-electron chi connectivity index (χ2n) is 26.2. The molecule has 0 bridgehead atoms. The highest BCUT2D eigenvalue weighted by molar-refractivity contribution is 6.08. The summed E-state index contributed by atoms with van der Waals surface area (Å²) < 4.78 is 118. The number of carbonyl (C=O) groups excluding carboxylic acids is 4. The molecule has 2 saturated heterocycles. The van der Waals surface area contributed by atoms with E-state index >= 15 is 4.39 Å². The minimum Gasteiger partial charge on any atom is -0.478 e. The number of hydrogen-bond acceptors (Lipinski definition) is 14. The quantitative estimate of drug-likeness (QED) is 0.0168. The summed E-state index contributed by atoms with van der Waals surface area (Å²) in [5.41, 5.74) is 6.40. The molecule has 2 aliphatic rings. The van der Waals surface area contributed by atoms with Crippen molar-refractivity contribution in [3.05, 3.63) is 163 Å². The number of alkyl carbamates (subject to hydrolysis) is 1. The van der Waals surface area contributed by atoms with Crippen LogP contribution in [0.3, 0.4) is 0 Å². The maximum atomic E-state index is 15.5. The van der Waals surface area contributed by atoms with Crippen LogP contribution in [0.5, 0.6) is 0 Å². The summed E-state index contributed by atoms with van der Waals surface area (Å²) in [5.74, 6) is -5.12. The Morgan fingerprint density at radius 1 is 0.550 bits per heavy atom. The molecule has 28 heteroatoms. The molecule has 0 aliphatic carbocycles. The van der Waals surface area contributed by atoms with Crippen molar-refractivity contribution in [1.29, 1.82) is 0 Å². The molecule has 4 aromatic carbocycles. The highest BCUT2D eigenvalue weighted by atomic mass is 19.4. The van der Waals surface area contributed by atoms with Gasteiger partial charge in [-0.15, -0.1) is 0 Å². The van der Waals surface area contributed by atoms with Crippen LogP contribution in [-0.4, -0.2) is 144 Å². The van der Waals surface area contributed by atoms with Gasteiger partial charge in [0.2, 0.25) is 11.1 Å². The second kappa shape index (κ2) is 35.9. The first-order valence-corrected chi connectivity index (χ1v) is 33.2. The van der Waals surface area contributed by atoms with Gasteiger partial charge in [0.1, 0.15) is 17.2 Å². The Bertz CT molecular complexity index is 3910. The number of alkyl halides is 6. The third-order valence-electron chi connectivity index (χ3n) is 17.4. The largest absolute Gasteiger partial charge is 0.478 e. The van der Waals surface area contributed by atoms with Crippen LogP contribution in [-0.2, 0) is 17.1 Å². The van der Waals surface area contributed by atoms with E-state index in [9.17, 15) is 64.3 Å². The van der Waals surface area contributed by atoms with Gasteiger partial charge in [0.15, 0.2) is 5.78 Å². The van der Waals surface area contributed by atoms with Gasteiger partial charge in [0.05, 0.1) is 50.6 Å². The lowest BCUT2D eigenvalue weighted by molar-refractivity contribution is -0.138. The van der Waals surface area contributed by atoms with Crippen LogP contribution in [0.4, 0.5) is 62.7 Å². The number of carboxylic acid groups (broad SMARTS) is 1. The zero-order valence-corrected chi connectivity index (χ0v) is 57.7. The fourth-order valence-electron chi connectivity index (χ4n) is 11.6. The zero-order valence-electron chi connectivity index (χ0n) is 57.7. The van der Waals surface area contributed by atoms with Crippen LogP contribution in [0, 0.1) is 11.6 Å². The molecular weight excluding hydrogens is 1310 g/mol. The Kier molecular flexibility index (Phi) is 28.7. The normalized spacial score (nSPS) is 16.7. The van der Waals surface area contributed by atoms with E-state index in [0.717, 1.165) is 70.2 Å². The number of ether oxygens (including phenoxy) is 1. The van der Waals surface area contributed by atoms with Gasteiger partial charge in [0.25, 0.3) is 11.8 Å². The number of ketones is 1. The molecule has 4 heterocycles. The predicted molar refractivity (Wildman–Crippen MR) is 371 cm³/mol. The molecule has 544 valence electrons. The van der Waals surface area contributed by atoms with Crippen LogP contribution in [0.25, 0.3) is 22.3 Å². The minimum atomic E-state index is -4.96. The topological polar surface area (TPSA) is 282 Å². The number of pyridine rings is 2. The van der Waals surface area contributed by atoms with Crippen molar-refractivity contribution >= 4 is 52.4 Å². The highest BCUT2D eigenvalue weighted by Gasteiger charge is 2.38. The van der Waals surface area contributed by atoms with E-state index in [2.05, 4.69) is 35.7 Å². The molecule has 0 spiro atoms. The Hall–Kier alpha value is -8.99. The summed E-state index contributed by atoms with van der Waals surface area (Å²) in [6.45, 7) is 18.0. The molecule has 6 aromatic rings. The van der Waals surface area contributed by atoms with E-state index in [1.165, 1.54) is 36.4 Å². The smallest absolute Gasteiger partial charge is 0.417 e. The van der Waals surface area contributed by atoms with E-state index in [1.807, 2.05) is 72.4 Å². The highest BCUT2D eigenvalue weighted by Crippen LogP contribution is 2.39. The number of nitrogens with one attached hydrogen (secondary N) is 5. The van der Waals surface area contributed by atoms with Crippen molar-refractivity contribution in [3.8, 4) is 22.3 Å². The average molecular weight is 1410 g/mol. The molecule has 0 unspecified atom stereocenters. The number of nitrogens with two attached hydrogens (primary N) is 2. The van der Waals surface area contributed by atoms with Gasteiger partial charge in [-0.05, 0) is 155 Å². The van der Waals surface area contributed by atoms with Crippen molar-refractivity contribution in [2.75, 3.05) is 80.3 Å². The van der Waals surface area contributed by atoms with E-state index in [4.69, 9.17) is 21.3 Å². The number of unbranched alkanes of at least 4 members (excludes halogenated alkanes) is 7. The lowest BCUT2D eigenvalue weighted by Crippen LogP contribution is -2.55. The molecule has 0 saturated carbocycles. The van der Waals surface area contributed by atoms with Gasteiger partial charge in [-0.3, -0.25) is 33.8 Å². The Labute approximate surface area is 576 Å². The second-order valence-corrected chi connectivity index (χ2v) is 26.2. The number of halogens is 8. The number of hydrogen-bond donors (Lipinski definition) is 8. The summed E-state index contributed by atoms with van der Waals surface area (Å²) in [7, 11) is 3.99. The number of anilines is 4. The SMILES string of the molecule is CC(C)(C)OC(=O)NCCCCCCN.C[C@@H]1CN(c2ccc(-c3ccc(C(=O)CCCCCCCN)cc3F)cc2NC(=O)c2c[nH]c(=O)cc2C(F)(F)F)C[C@H](C)N1C.C[C@@H]1CN(c2ccc(-c3ccc(C(=O)O)cc3F)cc2NC(=O)c2c[nH]c(=O)cc2C(F)(F)F)C[C@H](C)N1C. The number of carboxylic acids is 1. The van der Waals surface area contributed by atoms with Crippen LogP contribution < -0.4 is 48.3 Å². The van der Waals surface area contributed by atoms with E-state index in [0.29, 0.717) is 87.4 Å². The summed E-state index contributed by atoms with van der Waals surface area (Å²) in [5, 5.41) is 17.0. The maximum Gasteiger partial charge on any atom is 0.417 e. The number of rotatable bonds is 23. The molecule has 10 N–H and O–H groups in total. The number of amides is 3. The van der Waals surface area contributed by atoms with Gasteiger partial charge in [-0.2, -0.15) is 26.3 Å². The Morgan fingerprint density at radius 2 is 0.940 bits per heavy atom. The van der Waals surface area contributed by atoms with E-state index in [-0.39, 0.29) is 75.2 Å². The molecule has 2 fully saturated rings. The summed E-state index contributed by atoms with van der Waals surface area (Å²) in [6, 6.07) is 18.3. The van der Waals surface area contributed by atoms with Gasteiger partial charge in [-0.25, -0.2) is 18.4 Å². The van der Waals surface area contributed by atoms with Crippen LogP contribution >= 0.6 is 0 Å². The standard InChI is InChI=1S/C34H41F4N5O3.C27H26F4N4O4.C11H24N2O2/c1-21-19-43(20-22(2)42(21)3)30-13-11-23(16-29(30)41-33(46)26-18-40-32(45)17-27(26)34(36,37)38)25-12-10-24(15-28(25)35)31(44)9-7-5-4-6-8-14-39;1-14-12-35(13-15(2)34(14)3)23-7-5-16(18-6-4-17(26(38)39)8-21(18)28)9-22(23)33-25(37)19-11-32-24(36)10-20(19)27(29,30)31;1-11(2,3)15-10(14)13-9-7-5-4-6-8-12/h10-13,15-18,21-22H,4-9,14,19-20,39H2,1-3H3,(H,40,45)(H,41,46);4-11,14-15H,12-13H2,1-3H3,(H,32,36)(H,33,37)(H,38,39);4-9,12H2,1-3H3,(H,13,14)/t21-,22+;14-,15+;. The first-order valence-electron chi connectivity index (χ1n) is 33.2. The molecule has 0 radical (unpaired) electrons. The van der Waals surface area contributed by atoms with Gasteiger partial charge < -0.3 is 57.0 Å². The first kappa shape index (κ1) is 80.0. The molecule has 100 heavy (non-hydrogen) atoms. The van der Waals surface area contributed by atoms with Gasteiger partial charge in [0, 0.05) is 105 Å². The summed E-state index contributed by atoms with van der Waals surface area (Å²) >= 11 is 0. The first-order chi connectivity index (χ1) is 47.0. The van der Waals surface area contributed by atoms with Gasteiger partial charge >= 0.3 is 24.4 Å². The van der Waals surface area contributed by atoms with Gasteiger partial charge in [-0.1, -0.05) is 62.4 Å². The van der Waals surface area contributed by atoms with Crippen LogP contribution in [0.15, 0.2) is 107 Å². The number of benzene rings is 4. The number of aromatic carboxylic acids is 1. The lowest BCUT2D eigenvalue weighted by atomic mass is 9.98. The number of H-pyrrole nitrogens is 2. The third kappa shape index (κ3) is 22.8. The number of piperazine rings is 2. The number of aromatic nitrogens is 2. The van der Waals surface area contributed by atoms with Crippen molar-refractivity contribution in [2.45, 2.75) is 155 Å². The maximum absolute atomic E-state index is 15.5. The molecule has 2 aromatic heterocycles. The minimum absolute atomic E-state index is 0.0437. The number of nitrogens with zero attached hydrogens (tertiary/aromatic N) is 4. The predicted octanol–water partition coefficient (Wildman–Crippen LogP) is 13.2. The molecular formula is C72H91F8N11O9. The Morgan fingerprint density at radius 3 is 1.33 bits per heavy atom. The number of aromatic amines is 2. The number of Topliss-reactive ketones (excluding diaryl/α,β-unsaturated/α-hetero) is 1.